The molecular weight excluding hydrogens is 364 g/mol. The Morgan fingerprint density at radius 3 is 2.48 bits per heavy atom. The van der Waals surface area contributed by atoms with Crippen molar-refractivity contribution in [2.75, 3.05) is 38.7 Å². The highest BCUT2D eigenvalue weighted by Gasteiger charge is 2.06. The summed E-state index contributed by atoms with van der Waals surface area (Å²) in [5, 5.41) is 2.82. The maximum absolute atomic E-state index is 12.0. The molecule has 0 saturated heterocycles. The summed E-state index contributed by atoms with van der Waals surface area (Å²) in [6, 6.07) is 15.0. The average molecular weight is 397 g/mol. The largest absolute Gasteiger partial charge is 0.493 e. The second kappa shape index (κ2) is 12.6. The highest BCUT2D eigenvalue weighted by molar-refractivity contribution is 6.01. The van der Waals surface area contributed by atoms with Gasteiger partial charge < -0.3 is 19.7 Å². The molecule has 2 rings (SSSR count). The van der Waals surface area contributed by atoms with Crippen LogP contribution >= 0.6 is 0 Å². The van der Waals surface area contributed by atoms with E-state index < -0.39 is 0 Å². The van der Waals surface area contributed by atoms with Gasteiger partial charge in [0.1, 0.15) is 0 Å². The molecule has 0 aliphatic heterocycles. The van der Waals surface area contributed by atoms with E-state index >= 15 is 0 Å². The van der Waals surface area contributed by atoms with Crippen LogP contribution in [-0.2, 0) is 4.79 Å². The van der Waals surface area contributed by atoms with Crippen LogP contribution in [0, 0.1) is 0 Å². The first-order chi connectivity index (χ1) is 14.2. The Morgan fingerprint density at radius 2 is 1.79 bits per heavy atom. The van der Waals surface area contributed by atoms with E-state index in [1.165, 1.54) is 6.08 Å². The molecule has 0 aliphatic carbocycles. The molecule has 5 heteroatoms. The number of nitrogens with zero attached hydrogens (tertiary/aromatic N) is 1. The maximum atomic E-state index is 12.0. The zero-order chi connectivity index (χ0) is 20.9. The van der Waals surface area contributed by atoms with Crippen molar-refractivity contribution in [2.24, 2.45) is 0 Å². The standard InChI is InChI=1S/C24H32N2O3/c1-4-26(5-2)17-9-10-18-29-22-15-13-20(19-23(22)28-3)14-16-24(27)25-21-11-7-6-8-12-21/h6-8,11-16,19H,4-5,9-10,17-18H2,1-3H3,(H,25,27)/b16-14+. The predicted molar refractivity (Wildman–Crippen MR) is 120 cm³/mol. The number of nitrogens with one attached hydrogen (secondary N) is 1. The highest BCUT2D eigenvalue weighted by Crippen LogP contribution is 2.28. The van der Waals surface area contributed by atoms with Crippen LogP contribution in [0.5, 0.6) is 11.5 Å². The van der Waals surface area contributed by atoms with Crippen molar-refractivity contribution in [2.45, 2.75) is 26.7 Å². The van der Waals surface area contributed by atoms with Crippen LogP contribution in [-0.4, -0.2) is 44.2 Å². The lowest BCUT2D eigenvalue weighted by molar-refractivity contribution is -0.111. The van der Waals surface area contributed by atoms with Gasteiger partial charge in [-0.1, -0.05) is 38.1 Å². The van der Waals surface area contributed by atoms with Crippen molar-refractivity contribution in [1.29, 1.82) is 0 Å². The summed E-state index contributed by atoms with van der Waals surface area (Å²) in [5.74, 6) is 1.21. The van der Waals surface area contributed by atoms with Crippen LogP contribution in [0.3, 0.4) is 0 Å². The number of ether oxygens (including phenoxy) is 2. The van der Waals surface area contributed by atoms with E-state index in [-0.39, 0.29) is 5.91 Å². The fraction of sp³-hybridized carbons (Fsp3) is 0.375. The lowest BCUT2D eigenvalue weighted by Gasteiger charge is -2.17. The molecule has 0 aliphatic rings. The minimum Gasteiger partial charge on any atom is -0.493 e. The Bertz CT molecular complexity index is 771. The Kier molecular flexibility index (Phi) is 9.80. The van der Waals surface area contributed by atoms with Crippen LogP contribution in [0.1, 0.15) is 32.3 Å². The Morgan fingerprint density at radius 1 is 1.03 bits per heavy atom. The molecule has 0 radical (unpaired) electrons. The first-order valence-electron chi connectivity index (χ1n) is 10.2. The molecule has 0 spiro atoms. The molecule has 156 valence electrons. The van der Waals surface area contributed by atoms with Gasteiger partial charge in [-0.15, -0.1) is 0 Å². The van der Waals surface area contributed by atoms with Gasteiger partial charge in [0.2, 0.25) is 5.91 Å². The quantitative estimate of drug-likeness (QED) is 0.412. The van der Waals surface area contributed by atoms with Crippen molar-refractivity contribution in [3.05, 3.63) is 60.2 Å². The number of hydrogen-bond acceptors (Lipinski definition) is 4. The molecule has 29 heavy (non-hydrogen) atoms. The molecule has 1 N–H and O–H groups in total. The van der Waals surface area contributed by atoms with Crippen molar-refractivity contribution in [3.8, 4) is 11.5 Å². The van der Waals surface area contributed by atoms with E-state index in [2.05, 4.69) is 24.1 Å². The zero-order valence-electron chi connectivity index (χ0n) is 17.7. The zero-order valence-corrected chi connectivity index (χ0v) is 17.7. The van der Waals surface area contributed by atoms with Gasteiger partial charge in [0.25, 0.3) is 0 Å². The van der Waals surface area contributed by atoms with Crippen LogP contribution in [0.4, 0.5) is 5.69 Å². The first-order valence-corrected chi connectivity index (χ1v) is 10.2. The molecular formula is C24H32N2O3. The van der Waals surface area contributed by atoms with Crippen LogP contribution in [0.25, 0.3) is 6.08 Å². The molecule has 0 fully saturated rings. The number of rotatable bonds is 12. The van der Waals surface area contributed by atoms with Crippen LogP contribution in [0.15, 0.2) is 54.6 Å². The van der Waals surface area contributed by atoms with Crippen molar-refractivity contribution in [3.63, 3.8) is 0 Å². The van der Waals surface area contributed by atoms with Gasteiger partial charge in [0.15, 0.2) is 11.5 Å². The second-order valence-corrected chi connectivity index (χ2v) is 6.68. The minimum absolute atomic E-state index is 0.177. The molecule has 0 unspecified atom stereocenters. The monoisotopic (exact) mass is 396 g/mol. The Balaban J connectivity index is 1.85. The third-order valence-corrected chi connectivity index (χ3v) is 4.68. The number of anilines is 1. The van der Waals surface area contributed by atoms with Crippen molar-refractivity contribution >= 4 is 17.7 Å². The van der Waals surface area contributed by atoms with Gasteiger partial charge in [0, 0.05) is 11.8 Å². The maximum Gasteiger partial charge on any atom is 0.248 e. The third kappa shape index (κ3) is 8.00. The first kappa shape index (κ1) is 22.5. The van der Waals surface area contributed by atoms with E-state index in [0.29, 0.717) is 12.4 Å². The van der Waals surface area contributed by atoms with Gasteiger partial charge in [-0.05, 0) is 68.4 Å². The normalized spacial score (nSPS) is 11.0. The fourth-order valence-corrected chi connectivity index (χ4v) is 2.94. The Hall–Kier alpha value is -2.79. The second-order valence-electron chi connectivity index (χ2n) is 6.68. The smallest absolute Gasteiger partial charge is 0.248 e. The number of carbonyl (C=O) groups is 1. The minimum atomic E-state index is -0.177. The van der Waals surface area contributed by atoms with E-state index in [0.717, 1.165) is 49.5 Å². The lowest BCUT2D eigenvalue weighted by atomic mass is 10.2. The summed E-state index contributed by atoms with van der Waals surface area (Å²) in [6.45, 7) is 8.31. The highest BCUT2D eigenvalue weighted by atomic mass is 16.5. The number of carbonyl (C=O) groups excluding carboxylic acids is 1. The van der Waals surface area contributed by atoms with Crippen molar-refractivity contribution in [1.82, 2.24) is 4.90 Å². The Labute approximate surface area is 174 Å². The van der Waals surface area contributed by atoms with Crippen LogP contribution < -0.4 is 14.8 Å². The molecule has 0 heterocycles. The summed E-state index contributed by atoms with van der Waals surface area (Å²) in [6.07, 6.45) is 5.38. The molecule has 1 amide bonds. The number of benzene rings is 2. The fourth-order valence-electron chi connectivity index (χ4n) is 2.94. The average Bonchev–Trinajstić information content (AvgIpc) is 2.76. The predicted octanol–water partition coefficient (Wildman–Crippen LogP) is 4.85. The van der Waals surface area contributed by atoms with Gasteiger partial charge in [-0.25, -0.2) is 0 Å². The number of amides is 1. The van der Waals surface area contributed by atoms with E-state index in [9.17, 15) is 4.79 Å². The SMILES string of the molecule is CCN(CC)CCCCOc1ccc(/C=C/C(=O)Nc2ccccc2)cc1OC. The summed E-state index contributed by atoms with van der Waals surface area (Å²) >= 11 is 0. The van der Waals surface area contributed by atoms with Crippen LogP contribution in [0.2, 0.25) is 0 Å². The van der Waals surface area contributed by atoms with Gasteiger partial charge in [-0.2, -0.15) is 0 Å². The summed E-state index contributed by atoms with van der Waals surface area (Å²) in [5.41, 5.74) is 1.64. The molecule has 0 bridgehead atoms. The van der Waals surface area contributed by atoms with E-state index in [4.69, 9.17) is 9.47 Å². The molecule has 0 atom stereocenters. The van der Waals surface area contributed by atoms with Gasteiger partial charge in [0.05, 0.1) is 13.7 Å². The van der Waals surface area contributed by atoms with Gasteiger partial charge >= 0.3 is 0 Å². The number of hydrogen-bond donors (Lipinski definition) is 1. The molecule has 2 aromatic carbocycles. The number of methoxy groups -OCH3 is 1. The molecule has 5 nitrogen and oxygen atoms in total. The lowest BCUT2D eigenvalue weighted by Crippen LogP contribution is -2.24. The summed E-state index contributed by atoms with van der Waals surface area (Å²) in [7, 11) is 1.62. The summed E-state index contributed by atoms with van der Waals surface area (Å²) < 4.78 is 11.3. The topological polar surface area (TPSA) is 50.8 Å². The third-order valence-electron chi connectivity index (χ3n) is 4.68. The number of para-hydroxylation sites is 1. The van der Waals surface area contributed by atoms with E-state index in [1.54, 1.807) is 13.2 Å². The molecule has 0 saturated carbocycles. The van der Waals surface area contributed by atoms with Gasteiger partial charge in [-0.3, -0.25) is 4.79 Å². The van der Waals surface area contributed by atoms with E-state index in [1.807, 2.05) is 48.5 Å². The molecule has 2 aromatic rings. The van der Waals surface area contributed by atoms with Crippen molar-refractivity contribution < 1.29 is 14.3 Å². The molecule has 0 aromatic heterocycles. The number of unbranched alkanes of at least 4 members (excludes halogenated alkanes) is 1. The summed E-state index contributed by atoms with van der Waals surface area (Å²) in [4.78, 5) is 14.5.